The lowest BCUT2D eigenvalue weighted by atomic mass is 10.1. The van der Waals surface area contributed by atoms with Crippen molar-refractivity contribution in [3.05, 3.63) is 125 Å². The van der Waals surface area contributed by atoms with Gasteiger partial charge in [-0.1, -0.05) is 59.7 Å². The highest BCUT2D eigenvalue weighted by Crippen LogP contribution is 2.40. The number of nitrogens with zero attached hydrogens (tertiary/aromatic N) is 4. The van der Waals surface area contributed by atoms with Crippen LogP contribution in [0.5, 0.6) is 0 Å². The summed E-state index contributed by atoms with van der Waals surface area (Å²) >= 11 is 0. The lowest BCUT2D eigenvalue weighted by Gasteiger charge is -2.16. The van der Waals surface area contributed by atoms with Crippen LogP contribution < -0.4 is 0 Å². The molecule has 0 fully saturated rings. The highest BCUT2D eigenvalue weighted by molar-refractivity contribution is 6.11. The van der Waals surface area contributed by atoms with Gasteiger partial charge in [-0.25, -0.2) is 4.85 Å². The minimum Gasteiger partial charge on any atom is -0.319 e. The van der Waals surface area contributed by atoms with Crippen LogP contribution in [0.3, 0.4) is 0 Å². The fourth-order valence-electron chi connectivity index (χ4n) is 5.80. The number of aromatic nitrogens is 2. The van der Waals surface area contributed by atoms with Gasteiger partial charge >= 0.3 is 0 Å². The number of rotatable bonds is 2. The van der Waals surface area contributed by atoms with Gasteiger partial charge in [0.1, 0.15) is 0 Å². The SMILES string of the molecule is [C-]#[N+]c1cc(C#N)c(-n2c3ccccc3c3cc(C)ccc32)cc1-n1c2ccccc2c2cc(C)ccc21. The Morgan fingerprint density at radius 1 is 0.605 bits per heavy atom. The van der Waals surface area contributed by atoms with E-state index in [9.17, 15) is 5.26 Å². The molecule has 0 aliphatic heterocycles. The van der Waals surface area contributed by atoms with E-state index >= 15 is 0 Å². The summed E-state index contributed by atoms with van der Waals surface area (Å²) in [5, 5.41) is 14.8. The van der Waals surface area contributed by atoms with Gasteiger partial charge in [-0.2, -0.15) is 5.26 Å². The zero-order valence-corrected chi connectivity index (χ0v) is 21.0. The second kappa shape index (κ2) is 8.10. The first kappa shape index (κ1) is 21.9. The Bertz CT molecular complexity index is 2020. The van der Waals surface area contributed by atoms with Crippen LogP contribution >= 0.6 is 0 Å². The average Bonchev–Trinajstić information content (AvgIpc) is 3.44. The maximum absolute atomic E-state index is 10.2. The normalized spacial score (nSPS) is 11.4. The molecular formula is C34H22N4. The molecule has 0 radical (unpaired) electrons. The fraction of sp³-hybridized carbons (Fsp3) is 0.0588. The summed E-state index contributed by atoms with van der Waals surface area (Å²) in [5.41, 5.74) is 8.96. The summed E-state index contributed by atoms with van der Waals surface area (Å²) in [5.74, 6) is 0. The fourth-order valence-corrected chi connectivity index (χ4v) is 5.80. The van der Waals surface area contributed by atoms with Gasteiger partial charge in [0.05, 0.1) is 51.6 Å². The van der Waals surface area contributed by atoms with Gasteiger partial charge in [0, 0.05) is 21.5 Å². The molecule has 0 aliphatic carbocycles. The lowest BCUT2D eigenvalue weighted by Crippen LogP contribution is -2.02. The number of benzene rings is 5. The molecule has 0 saturated carbocycles. The highest BCUT2D eigenvalue weighted by atomic mass is 15.0. The number of hydrogen-bond donors (Lipinski definition) is 0. The molecule has 38 heavy (non-hydrogen) atoms. The van der Waals surface area contributed by atoms with Crippen molar-refractivity contribution < 1.29 is 0 Å². The first-order valence-electron chi connectivity index (χ1n) is 12.5. The molecule has 7 rings (SSSR count). The molecule has 2 heterocycles. The summed E-state index contributed by atoms with van der Waals surface area (Å²) in [6, 6.07) is 35.6. The third-order valence-electron chi connectivity index (χ3n) is 7.47. The van der Waals surface area contributed by atoms with Crippen LogP contribution in [-0.2, 0) is 0 Å². The predicted molar refractivity (Wildman–Crippen MR) is 156 cm³/mol. The van der Waals surface area contributed by atoms with Gasteiger partial charge in [-0.3, -0.25) is 0 Å². The molecule has 178 valence electrons. The smallest absolute Gasteiger partial charge is 0.212 e. The predicted octanol–water partition coefficient (Wildman–Crippen LogP) is 8.92. The first-order chi connectivity index (χ1) is 18.6. The second-order valence-corrected chi connectivity index (χ2v) is 9.83. The van der Waals surface area contributed by atoms with E-state index < -0.39 is 0 Å². The Morgan fingerprint density at radius 2 is 1.11 bits per heavy atom. The molecular weight excluding hydrogens is 464 g/mol. The largest absolute Gasteiger partial charge is 0.319 e. The molecule has 5 aromatic carbocycles. The Labute approximate surface area is 220 Å². The highest BCUT2D eigenvalue weighted by Gasteiger charge is 2.20. The molecule has 4 heteroatoms. The summed E-state index contributed by atoms with van der Waals surface area (Å²) < 4.78 is 4.33. The van der Waals surface area contributed by atoms with Gasteiger partial charge < -0.3 is 9.13 Å². The van der Waals surface area contributed by atoms with Crippen LogP contribution in [0.1, 0.15) is 16.7 Å². The van der Waals surface area contributed by atoms with Crippen molar-refractivity contribution in [1.82, 2.24) is 9.13 Å². The van der Waals surface area contributed by atoms with E-state index in [0.717, 1.165) is 55.0 Å². The molecule has 0 spiro atoms. The van der Waals surface area contributed by atoms with Gasteiger partial charge in [0.15, 0.2) is 0 Å². The molecule has 0 unspecified atom stereocenters. The molecule has 0 N–H and O–H groups in total. The van der Waals surface area contributed by atoms with Gasteiger partial charge in [-0.15, -0.1) is 0 Å². The molecule has 4 nitrogen and oxygen atoms in total. The summed E-state index contributed by atoms with van der Waals surface area (Å²) in [6.07, 6.45) is 0. The van der Waals surface area contributed by atoms with Crippen molar-refractivity contribution in [2.75, 3.05) is 0 Å². The monoisotopic (exact) mass is 486 g/mol. The second-order valence-electron chi connectivity index (χ2n) is 9.83. The number of nitriles is 1. The van der Waals surface area contributed by atoms with E-state index in [1.54, 1.807) is 6.07 Å². The number of para-hydroxylation sites is 2. The lowest BCUT2D eigenvalue weighted by molar-refractivity contribution is 1.13. The van der Waals surface area contributed by atoms with Crippen LogP contribution in [-0.4, -0.2) is 9.13 Å². The van der Waals surface area contributed by atoms with Crippen LogP contribution in [0.25, 0.3) is 59.8 Å². The quantitative estimate of drug-likeness (QED) is 0.225. The molecule has 0 saturated heterocycles. The van der Waals surface area contributed by atoms with Crippen molar-refractivity contribution in [3.8, 4) is 17.4 Å². The zero-order chi connectivity index (χ0) is 26.0. The first-order valence-corrected chi connectivity index (χ1v) is 12.5. The Hall–Kier alpha value is -5.32. The van der Waals surface area contributed by atoms with Gasteiger partial charge in [0.2, 0.25) is 5.69 Å². The maximum atomic E-state index is 10.2. The Kier molecular flexibility index (Phi) is 4.67. The minimum atomic E-state index is 0.449. The molecule has 0 atom stereocenters. The van der Waals surface area contributed by atoms with Crippen LogP contribution in [0.15, 0.2) is 97.1 Å². The van der Waals surface area contributed by atoms with E-state index in [-0.39, 0.29) is 0 Å². The molecule has 0 aliphatic rings. The summed E-state index contributed by atoms with van der Waals surface area (Å²) in [4.78, 5) is 3.89. The van der Waals surface area contributed by atoms with E-state index in [1.165, 1.54) is 11.1 Å². The molecule has 7 aromatic rings. The Morgan fingerprint density at radius 3 is 1.63 bits per heavy atom. The topological polar surface area (TPSA) is 38.0 Å². The van der Waals surface area contributed by atoms with E-state index in [4.69, 9.17) is 6.57 Å². The van der Waals surface area contributed by atoms with E-state index in [2.05, 4.69) is 101 Å². The zero-order valence-electron chi connectivity index (χ0n) is 21.0. The van der Waals surface area contributed by atoms with Crippen molar-refractivity contribution in [3.63, 3.8) is 0 Å². The minimum absolute atomic E-state index is 0.449. The van der Waals surface area contributed by atoms with Crippen LogP contribution in [0.2, 0.25) is 0 Å². The van der Waals surface area contributed by atoms with Crippen molar-refractivity contribution in [1.29, 1.82) is 5.26 Å². The molecule has 2 aromatic heterocycles. The maximum Gasteiger partial charge on any atom is 0.212 e. The number of aryl methyl sites for hydroxylation is 2. The van der Waals surface area contributed by atoms with E-state index in [0.29, 0.717) is 11.3 Å². The Balaban J connectivity index is 1.65. The molecule has 0 amide bonds. The van der Waals surface area contributed by atoms with Crippen molar-refractivity contribution >= 4 is 49.3 Å². The molecule has 0 bridgehead atoms. The van der Waals surface area contributed by atoms with Crippen LogP contribution in [0, 0.1) is 31.8 Å². The standard InChI is InChI=1S/C34H22N4/c1-21-12-14-31-26(16-21)24-8-4-6-10-29(24)37(31)33-19-34(28(36-3)18-23(33)20-35)38-30-11-7-5-9-25(30)27-17-22(2)13-15-32(27)38/h4-19H,1-2H3. The average molecular weight is 487 g/mol. The van der Waals surface area contributed by atoms with Crippen molar-refractivity contribution in [2.45, 2.75) is 13.8 Å². The van der Waals surface area contributed by atoms with Crippen LogP contribution in [0.4, 0.5) is 5.69 Å². The van der Waals surface area contributed by atoms with Gasteiger partial charge in [0.25, 0.3) is 0 Å². The number of fused-ring (bicyclic) bond motifs is 6. The third kappa shape index (κ3) is 3.01. The third-order valence-corrected chi connectivity index (χ3v) is 7.47. The number of hydrogen-bond acceptors (Lipinski definition) is 1. The van der Waals surface area contributed by atoms with E-state index in [1.807, 2.05) is 24.3 Å². The summed E-state index contributed by atoms with van der Waals surface area (Å²) in [6.45, 7) is 12.2. The van der Waals surface area contributed by atoms with Crippen molar-refractivity contribution in [2.24, 2.45) is 0 Å². The van der Waals surface area contributed by atoms with Gasteiger partial charge in [-0.05, 0) is 62.4 Å². The summed E-state index contributed by atoms with van der Waals surface area (Å²) in [7, 11) is 0.